The molecule has 102 valence electrons. The summed E-state index contributed by atoms with van der Waals surface area (Å²) >= 11 is 0. The van der Waals surface area contributed by atoms with Gasteiger partial charge in [0.25, 0.3) is 0 Å². The summed E-state index contributed by atoms with van der Waals surface area (Å²) in [6, 6.07) is 8.35. The van der Waals surface area contributed by atoms with Gasteiger partial charge in [0.15, 0.2) is 0 Å². The van der Waals surface area contributed by atoms with E-state index in [1.807, 2.05) is 6.07 Å². The van der Waals surface area contributed by atoms with Crippen molar-refractivity contribution in [2.75, 3.05) is 18.1 Å². The van der Waals surface area contributed by atoms with E-state index in [-0.39, 0.29) is 11.5 Å². The second kappa shape index (κ2) is 7.54. The second-order valence-corrected chi connectivity index (χ2v) is 6.86. The first-order chi connectivity index (χ1) is 8.59. The maximum atomic E-state index is 11.3. The van der Waals surface area contributed by atoms with E-state index in [0.29, 0.717) is 6.42 Å². The minimum atomic E-state index is -2.82. The Morgan fingerprint density at radius 3 is 2.39 bits per heavy atom. The van der Waals surface area contributed by atoms with Crippen LogP contribution >= 0.6 is 0 Å². The molecule has 18 heavy (non-hydrogen) atoms. The predicted octanol–water partition coefficient (Wildman–Crippen LogP) is 2.16. The van der Waals surface area contributed by atoms with Crippen molar-refractivity contribution in [3.63, 3.8) is 0 Å². The number of benzene rings is 1. The van der Waals surface area contributed by atoms with Gasteiger partial charge in [-0.05, 0) is 30.5 Å². The average Bonchev–Trinajstić information content (AvgIpc) is 2.38. The fraction of sp³-hybridized carbons (Fsp3) is 0.571. The standard InChI is InChI=1S/C14H23NO2S/c1-3-13-8-5-6-9-14(13)12-15-10-7-11-18(16,17)4-2/h5-6,8-9,15H,3-4,7,10-12H2,1-2H3. The summed E-state index contributed by atoms with van der Waals surface area (Å²) in [5.41, 5.74) is 2.66. The smallest absolute Gasteiger partial charge is 0.150 e. The Morgan fingerprint density at radius 1 is 1.11 bits per heavy atom. The number of hydrogen-bond acceptors (Lipinski definition) is 3. The van der Waals surface area contributed by atoms with E-state index in [2.05, 4.69) is 30.4 Å². The maximum Gasteiger partial charge on any atom is 0.150 e. The van der Waals surface area contributed by atoms with E-state index in [4.69, 9.17) is 0 Å². The molecule has 0 atom stereocenters. The van der Waals surface area contributed by atoms with Crippen molar-refractivity contribution in [1.29, 1.82) is 0 Å². The maximum absolute atomic E-state index is 11.3. The minimum Gasteiger partial charge on any atom is -0.313 e. The van der Waals surface area contributed by atoms with Crippen LogP contribution in [0.4, 0.5) is 0 Å². The molecule has 0 aliphatic rings. The molecule has 0 bridgehead atoms. The molecular weight excluding hydrogens is 246 g/mol. The van der Waals surface area contributed by atoms with E-state index in [1.54, 1.807) is 6.92 Å². The summed E-state index contributed by atoms with van der Waals surface area (Å²) in [7, 11) is -2.82. The van der Waals surface area contributed by atoms with Gasteiger partial charge in [-0.3, -0.25) is 0 Å². The van der Waals surface area contributed by atoms with Crippen LogP contribution in [0.5, 0.6) is 0 Å². The third-order valence-electron chi connectivity index (χ3n) is 3.06. The van der Waals surface area contributed by atoms with Crippen LogP contribution in [0.15, 0.2) is 24.3 Å². The Kier molecular flexibility index (Phi) is 6.36. The summed E-state index contributed by atoms with van der Waals surface area (Å²) in [4.78, 5) is 0. The largest absolute Gasteiger partial charge is 0.313 e. The van der Waals surface area contributed by atoms with E-state index in [1.165, 1.54) is 11.1 Å². The Bertz CT molecular complexity index is 455. The fourth-order valence-electron chi connectivity index (χ4n) is 1.86. The summed E-state index contributed by atoms with van der Waals surface area (Å²) in [5, 5.41) is 3.31. The molecule has 1 aromatic rings. The van der Waals surface area contributed by atoms with Crippen molar-refractivity contribution in [3.8, 4) is 0 Å². The van der Waals surface area contributed by atoms with Gasteiger partial charge in [0.1, 0.15) is 9.84 Å². The zero-order chi connectivity index (χ0) is 13.4. The van der Waals surface area contributed by atoms with Crippen molar-refractivity contribution in [3.05, 3.63) is 35.4 Å². The van der Waals surface area contributed by atoms with Crippen LogP contribution in [0.25, 0.3) is 0 Å². The lowest BCUT2D eigenvalue weighted by Crippen LogP contribution is -2.19. The fourth-order valence-corrected chi connectivity index (χ4v) is 2.73. The zero-order valence-electron chi connectivity index (χ0n) is 11.3. The van der Waals surface area contributed by atoms with Gasteiger partial charge in [-0.25, -0.2) is 8.42 Å². The van der Waals surface area contributed by atoms with Crippen molar-refractivity contribution >= 4 is 9.84 Å². The molecule has 0 aliphatic heterocycles. The number of rotatable bonds is 8. The van der Waals surface area contributed by atoms with Crippen LogP contribution in [0.1, 0.15) is 31.4 Å². The van der Waals surface area contributed by atoms with Gasteiger partial charge in [0.05, 0.1) is 5.75 Å². The third kappa shape index (κ3) is 5.19. The molecule has 0 heterocycles. The van der Waals surface area contributed by atoms with Crippen molar-refractivity contribution in [2.24, 2.45) is 0 Å². The Hall–Kier alpha value is -0.870. The highest BCUT2D eigenvalue weighted by Gasteiger charge is 2.06. The molecule has 0 spiro atoms. The molecule has 4 heteroatoms. The highest BCUT2D eigenvalue weighted by atomic mass is 32.2. The van der Waals surface area contributed by atoms with Crippen LogP contribution < -0.4 is 5.32 Å². The quantitative estimate of drug-likeness (QED) is 0.736. The average molecular weight is 269 g/mol. The molecule has 0 radical (unpaired) electrons. The third-order valence-corrected chi connectivity index (χ3v) is 4.85. The van der Waals surface area contributed by atoms with Gasteiger partial charge in [-0.1, -0.05) is 38.1 Å². The first kappa shape index (κ1) is 15.2. The molecule has 0 amide bonds. The minimum absolute atomic E-state index is 0.242. The Balaban J connectivity index is 2.30. The Labute approximate surface area is 111 Å². The van der Waals surface area contributed by atoms with Gasteiger partial charge < -0.3 is 5.32 Å². The van der Waals surface area contributed by atoms with Crippen molar-refractivity contribution < 1.29 is 8.42 Å². The summed E-state index contributed by atoms with van der Waals surface area (Å²) < 4.78 is 22.6. The van der Waals surface area contributed by atoms with Gasteiger partial charge in [-0.15, -0.1) is 0 Å². The SMILES string of the molecule is CCc1ccccc1CNCCCS(=O)(=O)CC. The zero-order valence-corrected chi connectivity index (χ0v) is 12.1. The van der Waals surface area contributed by atoms with Crippen LogP contribution in [0.2, 0.25) is 0 Å². The molecule has 1 aromatic carbocycles. The molecule has 0 unspecified atom stereocenters. The van der Waals surface area contributed by atoms with Gasteiger partial charge in [-0.2, -0.15) is 0 Å². The molecule has 3 nitrogen and oxygen atoms in total. The Morgan fingerprint density at radius 2 is 1.78 bits per heavy atom. The normalized spacial score (nSPS) is 11.7. The number of sulfone groups is 1. The van der Waals surface area contributed by atoms with E-state index < -0.39 is 9.84 Å². The van der Waals surface area contributed by atoms with Crippen LogP contribution in [-0.2, 0) is 22.8 Å². The first-order valence-corrected chi connectivity index (χ1v) is 8.39. The van der Waals surface area contributed by atoms with Gasteiger partial charge in [0.2, 0.25) is 0 Å². The van der Waals surface area contributed by atoms with Gasteiger partial charge >= 0.3 is 0 Å². The second-order valence-electron chi connectivity index (χ2n) is 4.39. The van der Waals surface area contributed by atoms with Crippen LogP contribution in [0, 0.1) is 0 Å². The van der Waals surface area contributed by atoms with E-state index in [9.17, 15) is 8.42 Å². The molecule has 0 saturated carbocycles. The highest BCUT2D eigenvalue weighted by Crippen LogP contribution is 2.08. The number of nitrogens with one attached hydrogen (secondary N) is 1. The topological polar surface area (TPSA) is 46.2 Å². The summed E-state index contributed by atoms with van der Waals surface area (Å²) in [5.74, 6) is 0.525. The number of hydrogen-bond donors (Lipinski definition) is 1. The molecule has 1 rings (SSSR count). The van der Waals surface area contributed by atoms with Crippen LogP contribution in [-0.4, -0.2) is 26.5 Å². The number of aryl methyl sites for hydroxylation is 1. The van der Waals surface area contributed by atoms with Crippen molar-refractivity contribution in [1.82, 2.24) is 5.32 Å². The highest BCUT2D eigenvalue weighted by molar-refractivity contribution is 7.91. The molecule has 0 aliphatic carbocycles. The molecule has 0 fully saturated rings. The summed E-state index contributed by atoms with van der Waals surface area (Å²) in [6.45, 7) is 5.40. The lowest BCUT2D eigenvalue weighted by Gasteiger charge is -2.09. The van der Waals surface area contributed by atoms with Crippen molar-refractivity contribution in [2.45, 2.75) is 33.2 Å². The summed E-state index contributed by atoms with van der Waals surface area (Å²) in [6.07, 6.45) is 1.71. The van der Waals surface area contributed by atoms with E-state index in [0.717, 1.165) is 19.5 Å². The molecule has 0 saturated heterocycles. The van der Waals surface area contributed by atoms with E-state index >= 15 is 0 Å². The predicted molar refractivity (Wildman–Crippen MR) is 76.5 cm³/mol. The van der Waals surface area contributed by atoms with Gasteiger partial charge in [0, 0.05) is 12.3 Å². The lowest BCUT2D eigenvalue weighted by molar-refractivity contribution is 0.589. The first-order valence-electron chi connectivity index (χ1n) is 6.57. The molecule has 0 aromatic heterocycles. The van der Waals surface area contributed by atoms with Crippen LogP contribution in [0.3, 0.4) is 0 Å². The molecular formula is C14H23NO2S. The lowest BCUT2D eigenvalue weighted by atomic mass is 10.1. The molecule has 1 N–H and O–H groups in total. The monoisotopic (exact) mass is 269 g/mol.